The zero-order valence-electron chi connectivity index (χ0n) is 15.4. The van der Waals surface area contributed by atoms with Crippen molar-refractivity contribution in [3.63, 3.8) is 0 Å². The van der Waals surface area contributed by atoms with Crippen LogP contribution < -0.4 is 15.4 Å². The van der Waals surface area contributed by atoms with E-state index in [1.807, 2.05) is 24.3 Å². The number of esters is 1. The van der Waals surface area contributed by atoms with Crippen LogP contribution in [-0.2, 0) is 4.74 Å². The van der Waals surface area contributed by atoms with Crippen molar-refractivity contribution in [1.29, 1.82) is 0 Å². The van der Waals surface area contributed by atoms with Gasteiger partial charge in [0.05, 0.1) is 42.9 Å². The molecule has 3 aromatic rings. The quantitative estimate of drug-likeness (QED) is 0.634. The van der Waals surface area contributed by atoms with E-state index in [0.717, 1.165) is 5.69 Å². The molecular weight excluding hydrogens is 358 g/mol. The van der Waals surface area contributed by atoms with Gasteiger partial charge in [0.1, 0.15) is 5.75 Å². The van der Waals surface area contributed by atoms with Crippen molar-refractivity contribution in [3.8, 4) is 5.75 Å². The van der Waals surface area contributed by atoms with Crippen molar-refractivity contribution in [2.24, 2.45) is 0 Å². The van der Waals surface area contributed by atoms with Gasteiger partial charge in [-0.15, -0.1) is 0 Å². The molecule has 0 atom stereocenters. The Morgan fingerprint density at radius 1 is 0.893 bits per heavy atom. The fourth-order valence-electron chi connectivity index (χ4n) is 2.55. The molecule has 0 aliphatic carbocycles. The fraction of sp³-hybridized carbons (Fsp3) is 0.0952. The van der Waals surface area contributed by atoms with E-state index in [1.165, 1.54) is 13.3 Å². The Morgan fingerprint density at radius 3 is 2.36 bits per heavy atom. The molecule has 28 heavy (non-hydrogen) atoms. The lowest BCUT2D eigenvalue weighted by atomic mass is 10.2. The topological polar surface area (TPSA) is 89.5 Å². The summed E-state index contributed by atoms with van der Waals surface area (Å²) in [5.74, 6) is -0.0674. The molecule has 0 radical (unpaired) electrons. The molecule has 7 nitrogen and oxygen atoms in total. The lowest BCUT2D eigenvalue weighted by molar-refractivity contribution is 0.0600. The van der Waals surface area contributed by atoms with Gasteiger partial charge in [0, 0.05) is 11.9 Å². The summed E-state index contributed by atoms with van der Waals surface area (Å²) in [4.78, 5) is 28.1. The van der Waals surface area contributed by atoms with Crippen molar-refractivity contribution >= 4 is 28.9 Å². The number of para-hydroxylation sites is 2. The van der Waals surface area contributed by atoms with Gasteiger partial charge in [-0.2, -0.15) is 0 Å². The number of hydrogen-bond donors (Lipinski definition) is 2. The van der Waals surface area contributed by atoms with Crippen LogP contribution in [0.25, 0.3) is 0 Å². The van der Waals surface area contributed by atoms with Crippen LogP contribution in [0.4, 0.5) is 17.1 Å². The lowest BCUT2D eigenvalue weighted by Gasteiger charge is -2.11. The average Bonchev–Trinajstić information content (AvgIpc) is 2.74. The summed E-state index contributed by atoms with van der Waals surface area (Å²) in [6, 6.07) is 15.6. The number of nitrogens with zero attached hydrogens (tertiary/aromatic N) is 1. The summed E-state index contributed by atoms with van der Waals surface area (Å²) >= 11 is 0. The van der Waals surface area contributed by atoms with Gasteiger partial charge in [0.2, 0.25) is 0 Å². The van der Waals surface area contributed by atoms with Crippen LogP contribution in [0.15, 0.2) is 67.0 Å². The molecule has 0 saturated heterocycles. The summed E-state index contributed by atoms with van der Waals surface area (Å²) in [5, 5.41) is 5.96. The SMILES string of the molecule is COC(=O)c1ccc(NC(=O)c2cncc(Nc3ccccc3OC)c2)cc1. The number of rotatable bonds is 6. The van der Waals surface area contributed by atoms with Crippen LogP contribution in [0.1, 0.15) is 20.7 Å². The smallest absolute Gasteiger partial charge is 0.337 e. The second-order valence-corrected chi connectivity index (χ2v) is 5.81. The van der Waals surface area contributed by atoms with E-state index in [2.05, 4.69) is 20.4 Å². The molecule has 0 fully saturated rings. The van der Waals surface area contributed by atoms with E-state index in [-0.39, 0.29) is 5.91 Å². The minimum Gasteiger partial charge on any atom is -0.495 e. The zero-order valence-corrected chi connectivity index (χ0v) is 15.4. The Balaban J connectivity index is 1.72. The molecule has 0 saturated carbocycles. The number of ether oxygens (including phenoxy) is 2. The number of benzene rings is 2. The Labute approximate surface area is 162 Å². The first kappa shape index (κ1) is 18.9. The average molecular weight is 377 g/mol. The molecule has 0 bridgehead atoms. The maximum absolute atomic E-state index is 12.5. The van der Waals surface area contributed by atoms with Gasteiger partial charge in [0.15, 0.2) is 0 Å². The monoisotopic (exact) mass is 377 g/mol. The largest absolute Gasteiger partial charge is 0.495 e. The minimum absolute atomic E-state index is 0.318. The minimum atomic E-state index is -0.433. The van der Waals surface area contributed by atoms with Crippen LogP contribution >= 0.6 is 0 Å². The van der Waals surface area contributed by atoms with Crippen molar-refractivity contribution < 1.29 is 19.1 Å². The summed E-state index contributed by atoms with van der Waals surface area (Å²) in [6.07, 6.45) is 3.10. The number of amides is 1. The molecule has 1 aromatic heterocycles. The number of carbonyl (C=O) groups excluding carboxylic acids is 2. The molecule has 1 amide bonds. The van der Waals surface area contributed by atoms with E-state index in [1.54, 1.807) is 43.6 Å². The van der Waals surface area contributed by atoms with Gasteiger partial charge < -0.3 is 20.1 Å². The third-order valence-corrected chi connectivity index (χ3v) is 3.95. The van der Waals surface area contributed by atoms with Gasteiger partial charge in [-0.1, -0.05) is 12.1 Å². The number of aromatic nitrogens is 1. The van der Waals surface area contributed by atoms with E-state index >= 15 is 0 Å². The molecule has 0 aliphatic rings. The number of anilines is 3. The van der Waals surface area contributed by atoms with Crippen molar-refractivity contribution in [2.45, 2.75) is 0 Å². The van der Waals surface area contributed by atoms with Gasteiger partial charge in [-0.05, 0) is 42.5 Å². The number of nitrogens with one attached hydrogen (secondary N) is 2. The predicted octanol–water partition coefficient (Wildman–Crippen LogP) is 3.87. The molecule has 0 unspecified atom stereocenters. The van der Waals surface area contributed by atoms with Crippen LogP contribution in [0, 0.1) is 0 Å². The van der Waals surface area contributed by atoms with E-state index in [0.29, 0.717) is 28.3 Å². The summed E-state index contributed by atoms with van der Waals surface area (Å²) in [5.41, 5.74) is 2.77. The van der Waals surface area contributed by atoms with E-state index in [4.69, 9.17) is 4.74 Å². The first-order valence-electron chi connectivity index (χ1n) is 8.45. The second kappa shape index (κ2) is 8.68. The summed E-state index contributed by atoms with van der Waals surface area (Å²) in [6.45, 7) is 0. The first-order valence-corrected chi connectivity index (χ1v) is 8.45. The molecule has 3 rings (SSSR count). The number of hydrogen-bond acceptors (Lipinski definition) is 6. The Morgan fingerprint density at radius 2 is 1.64 bits per heavy atom. The highest BCUT2D eigenvalue weighted by atomic mass is 16.5. The Bertz CT molecular complexity index is 987. The summed E-state index contributed by atoms with van der Waals surface area (Å²) in [7, 11) is 2.91. The van der Waals surface area contributed by atoms with Crippen LogP contribution in [-0.4, -0.2) is 31.1 Å². The molecule has 0 spiro atoms. The van der Waals surface area contributed by atoms with Gasteiger partial charge in [-0.3, -0.25) is 9.78 Å². The van der Waals surface area contributed by atoms with Crippen LogP contribution in [0.5, 0.6) is 5.75 Å². The van der Waals surface area contributed by atoms with Crippen LogP contribution in [0.3, 0.4) is 0 Å². The summed E-state index contributed by atoms with van der Waals surface area (Å²) < 4.78 is 9.97. The van der Waals surface area contributed by atoms with Gasteiger partial charge in [-0.25, -0.2) is 4.79 Å². The molecule has 2 aromatic carbocycles. The molecule has 2 N–H and O–H groups in total. The molecule has 0 aliphatic heterocycles. The molecular formula is C21H19N3O4. The predicted molar refractivity (Wildman–Crippen MR) is 106 cm³/mol. The molecule has 1 heterocycles. The van der Waals surface area contributed by atoms with Crippen LogP contribution in [0.2, 0.25) is 0 Å². The highest BCUT2D eigenvalue weighted by molar-refractivity contribution is 6.04. The maximum atomic E-state index is 12.5. The maximum Gasteiger partial charge on any atom is 0.337 e. The Kier molecular flexibility index (Phi) is 5.86. The van der Waals surface area contributed by atoms with Crippen molar-refractivity contribution in [1.82, 2.24) is 4.98 Å². The third kappa shape index (κ3) is 4.45. The standard InChI is InChI=1S/C21H19N3O4/c1-27-19-6-4-3-5-18(19)23-17-11-15(12-22-13-17)20(25)24-16-9-7-14(8-10-16)21(26)28-2/h3-13,23H,1-2H3,(H,24,25). The first-order chi connectivity index (χ1) is 13.6. The molecule has 7 heteroatoms. The second-order valence-electron chi connectivity index (χ2n) is 5.81. The molecule has 142 valence electrons. The van der Waals surface area contributed by atoms with E-state index < -0.39 is 5.97 Å². The Hall–Kier alpha value is -3.87. The highest BCUT2D eigenvalue weighted by Crippen LogP contribution is 2.27. The normalized spacial score (nSPS) is 10.1. The van der Waals surface area contributed by atoms with Gasteiger partial charge in [0.25, 0.3) is 5.91 Å². The van der Waals surface area contributed by atoms with Crippen molar-refractivity contribution in [3.05, 3.63) is 78.1 Å². The zero-order chi connectivity index (χ0) is 19.9. The number of pyridine rings is 1. The number of carbonyl (C=O) groups is 2. The van der Waals surface area contributed by atoms with Crippen molar-refractivity contribution in [2.75, 3.05) is 24.9 Å². The van der Waals surface area contributed by atoms with Gasteiger partial charge >= 0.3 is 5.97 Å². The third-order valence-electron chi connectivity index (χ3n) is 3.95. The highest BCUT2D eigenvalue weighted by Gasteiger charge is 2.10. The van der Waals surface area contributed by atoms with E-state index in [9.17, 15) is 9.59 Å². The fourth-order valence-corrected chi connectivity index (χ4v) is 2.55. The number of methoxy groups -OCH3 is 2. The lowest BCUT2D eigenvalue weighted by Crippen LogP contribution is -2.12.